The summed E-state index contributed by atoms with van der Waals surface area (Å²) in [6.07, 6.45) is 0.0993. The molecule has 5 nitrogen and oxygen atoms in total. The predicted octanol–water partition coefficient (Wildman–Crippen LogP) is 2.57. The third-order valence-electron chi connectivity index (χ3n) is 2.90. The Morgan fingerprint density at radius 2 is 1.86 bits per heavy atom. The molecule has 0 aliphatic rings. The number of thiazole rings is 1. The lowest BCUT2D eigenvalue weighted by Crippen LogP contribution is -2.14. The van der Waals surface area contributed by atoms with Crippen molar-refractivity contribution in [3.8, 4) is 0 Å². The molecule has 0 aliphatic heterocycles. The molecular weight excluding hydrogens is 288 g/mol. The number of nitrogens with zero attached hydrogens (tertiary/aromatic N) is 1. The highest BCUT2D eigenvalue weighted by Crippen LogP contribution is 2.19. The van der Waals surface area contributed by atoms with Crippen LogP contribution >= 0.6 is 11.3 Å². The lowest BCUT2D eigenvalue weighted by Gasteiger charge is -2.03. The summed E-state index contributed by atoms with van der Waals surface area (Å²) >= 11 is 1.28. The fourth-order valence-electron chi connectivity index (χ4n) is 1.84. The number of carbonyl (C=O) groups excluding carboxylic acids is 1. The molecule has 1 aromatic carbocycles. The van der Waals surface area contributed by atoms with Crippen molar-refractivity contribution >= 4 is 28.9 Å². The van der Waals surface area contributed by atoms with Crippen LogP contribution in [-0.2, 0) is 22.4 Å². The van der Waals surface area contributed by atoms with Gasteiger partial charge in [0.2, 0.25) is 5.91 Å². The maximum atomic E-state index is 11.9. The standard InChI is InChI=1S/C15H16N2O3S/c1-9-3-5-11(6-4-9)17-13(18)8-14-16-10(2)12(21-14)7-15(19)20/h3-6H,7-8H2,1-2H3,(H,17,18)(H,19,20). The third kappa shape index (κ3) is 4.39. The Balaban J connectivity index is 1.99. The van der Waals surface area contributed by atoms with Crippen molar-refractivity contribution in [1.29, 1.82) is 0 Å². The number of amides is 1. The van der Waals surface area contributed by atoms with Gasteiger partial charge in [-0.15, -0.1) is 11.3 Å². The zero-order valence-corrected chi connectivity index (χ0v) is 12.7. The van der Waals surface area contributed by atoms with Gasteiger partial charge < -0.3 is 10.4 Å². The molecule has 1 aromatic heterocycles. The van der Waals surface area contributed by atoms with Crippen LogP contribution in [0.15, 0.2) is 24.3 Å². The minimum absolute atomic E-state index is 0.0525. The summed E-state index contributed by atoms with van der Waals surface area (Å²) in [5, 5.41) is 12.2. The minimum atomic E-state index is -0.891. The van der Waals surface area contributed by atoms with Gasteiger partial charge in [-0.05, 0) is 26.0 Å². The molecule has 110 valence electrons. The van der Waals surface area contributed by atoms with Gasteiger partial charge in [0.15, 0.2) is 0 Å². The van der Waals surface area contributed by atoms with Crippen LogP contribution in [0.5, 0.6) is 0 Å². The number of anilines is 1. The number of rotatable bonds is 5. The quantitative estimate of drug-likeness (QED) is 0.889. The highest BCUT2D eigenvalue weighted by molar-refractivity contribution is 7.12. The first-order valence-electron chi connectivity index (χ1n) is 6.47. The van der Waals surface area contributed by atoms with Crippen molar-refractivity contribution in [3.63, 3.8) is 0 Å². The van der Waals surface area contributed by atoms with Gasteiger partial charge in [0.25, 0.3) is 0 Å². The second-order valence-electron chi connectivity index (χ2n) is 4.78. The summed E-state index contributed by atoms with van der Waals surface area (Å²) in [4.78, 5) is 27.6. The highest BCUT2D eigenvalue weighted by Gasteiger charge is 2.13. The minimum Gasteiger partial charge on any atom is -0.481 e. The van der Waals surface area contributed by atoms with E-state index in [9.17, 15) is 9.59 Å². The molecule has 1 heterocycles. The van der Waals surface area contributed by atoms with Crippen molar-refractivity contribution in [3.05, 3.63) is 45.4 Å². The molecule has 0 radical (unpaired) electrons. The maximum absolute atomic E-state index is 11.9. The number of aryl methyl sites for hydroxylation is 2. The molecule has 2 aromatic rings. The number of aromatic nitrogens is 1. The molecule has 0 saturated carbocycles. The van der Waals surface area contributed by atoms with E-state index in [0.717, 1.165) is 11.3 Å². The molecule has 0 atom stereocenters. The van der Waals surface area contributed by atoms with Gasteiger partial charge in [-0.25, -0.2) is 4.98 Å². The van der Waals surface area contributed by atoms with Crippen molar-refractivity contribution in [2.45, 2.75) is 26.7 Å². The van der Waals surface area contributed by atoms with Gasteiger partial charge in [-0.3, -0.25) is 9.59 Å². The van der Waals surface area contributed by atoms with Crippen LogP contribution in [0.2, 0.25) is 0 Å². The highest BCUT2D eigenvalue weighted by atomic mass is 32.1. The average molecular weight is 304 g/mol. The van der Waals surface area contributed by atoms with E-state index in [1.807, 2.05) is 31.2 Å². The van der Waals surface area contributed by atoms with Crippen LogP contribution < -0.4 is 5.32 Å². The summed E-state index contributed by atoms with van der Waals surface area (Å²) in [7, 11) is 0. The zero-order valence-electron chi connectivity index (χ0n) is 11.8. The van der Waals surface area contributed by atoms with Gasteiger partial charge in [0, 0.05) is 10.6 Å². The molecule has 0 bridgehead atoms. The normalized spacial score (nSPS) is 10.4. The maximum Gasteiger partial charge on any atom is 0.308 e. The van der Waals surface area contributed by atoms with Crippen molar-refractivity contribution in [1.82, 2.24) is 4.98 Å². The molecule has 2 N–H and O–H groups in total. The first-order valence-corrected chi connectivity index (χ1v) is 7.29. The van der Waals surface area contributed by atoms with Gasteiger partial charge >= 0.3 is 5.97 Å². The number of nitrogens with one attached hydrogen (secondary N) is 1. The van der Waals surface area contributed by atoms with Crippen molar-refractivity contribution < 1.29 is 14.7 Å². The Kier molecular flexibility index (Phi) is 4.70. The monoisotopic (exact) mass is 304 g/mol. The number of carboxylic acids is 1. The molecule has 21 heavy (non-hydrogen) atoms. The van der Waals surface area contributed by atoms with Crippen LogP contribution in [0.3, 0.4) is 0 Å². The lowest BCUT2D eigenvalue weighted by molar-refractivity contribution is -0.136. The average Bonchev–Trinajstić information content (AvgIpc) is 2.71. The Hall–Kier alpha value is -2.21. The number of hydrogen-bond acceptors (Lipinski definition) is 4. The molecule has 0 spiro atoms. The molecule has 0 saturated heterocycles. The molecule has 1 amide bonds. The molecule has 0 fully saturated rings. The van der Waals surface area contributed by atoms with Gasteiger partial charge in [0.1, 0.15) is 5.01 Å². The molecular formula is C15H16N2O3S. The second-order valence-corrected chi connectivity index (χ2v) is 5.95. The number of carboxylic acid groups (broad SMARTS) is 1. The Morgan fingerprint density at radius 3 is 2.48 bits per heavy atom. The Morgan fingerprint density at radius 1 is 1.19 bits per heavy atom. The van der Waals surface area contributed by atoms with Crippen LogP contribution in [0.4, 0.5) is 5.69 Å². The van der Waals surface area contributed by atoms with Gasteiger partial charge in [-0.2, -0.15) is 0 Å². The summed E-state index contributed by atoms with van der Waals surface area (Å²) in [6, 6.07) is 7.54. The summed E-state index contributed by atoms with van der Waals surface area (Å²) in [5.41, 5.74) is 2.55. The van der Waals surface area contributed by atoms with Gasteiger partial charge in [0.05, 0.1) is 18.5 Å². The zero-order chi connectivity index (χ0) is 15.4. The fraction of sp³-hybridized carbons (Fsp3) is 0.267. The molecule has 0 unspecified atom stereocenters. The Labute approximate surface area is 126 Å². The van der Waals surface area contributed by atoms with Crippen molar-refractivity contribution in [2.75, 3.05) is 5.32 Å². The van der Waals surface area contributed by atoms with E-state index in [1.54, 1.807) is 6.92 Å². The first-order chi connectivity index (χ1) is 9.94. The summed E-state index contributed by atoms with van der Waals surface area (Å²) in [6.45, 7) is 3.74. The SMILES string of the molecule is Cc1ccc(NC(=O)Cc2nc(C)c(CC(=O)O)s2)cc1. The first kappa shape index (κ1) is 15.2. The molecule has 0 aliphatic carbocycles. The van der Waals surface area contributed by atoms with Crippen LogP contribution in [0, 0.1) is 13.8 Å². The van der Waals surface area contributed by atoms with Crippen LogP contribution in [-0.4, -0.2) is 22.0 Å². The molecule has 2 rings (SSSR count). The van der Waals surface area contributed by atoms with E-state index in [4.69, 9.17) is 5.11 Å². The fourth-order valence-corrected chi connectivity index (χ4v) is 2.90. The van der Waals surface area contributed by atoms with E-state index in [1.165, 1.54) is 11.3 Å². The van der Waals surface area contributed by atoms with Crippen molar-refractivity contribution in [2.24, 2.45) is 0 Å². The number of aliphatic carboxylic acids is 1. The number of carbonyl (C=O) groups is 2. The number of benzene rings is 1. The second kappa shape index (κ2) is 6.49. The van der Waals surface area contributed by atoms with E-state index in [0.29, 0.717) is 15.6 Å². The smallest absolute Gasteiger partial charge is 0.308 e. The number of hydrogen-bond donors (Lipinski definition) is 2. The summed E-state index contributed by atoms with van der Waals surface area (Å²) in [5.74, 6) is -1.05. The van der Waals surface area contributed by atoms with E-state index >= 15 is 0 Å². The largest absolute Gasteiger partial charge is 0.481 e. The Bertz CT molecular complexity index is 662. The van der Waals surface area contributed by atoms with E-state index in [2.05, 4.69) is 10.3 Å². The van der Waals surface area contributed by atoms with Gasteiger partial charge in [-0.1, -0.05) is 17.7 Å². The topological polar surface area (TPSA) is 79.3 Å². The third-order valence-corrected chi connectivity index (χ3v) is 4.05. The predicted molar refractivity (Wildman–Crippen MR) is 81.7 cm³/mol. The molecule has 6 heteroatoms. The van der Waals surface area contributed by atoms with Crippen LogP contribution in [0.25, 0.3) is 0 Å². The lowest BCUT2D eigenvalue weighted by atomic mass is 10.2. The summed E-state index contributed by atoms with van der Waals surface area (Å²) < 4.78 is 0. The van der Waals surface area contributed by atoms with Crippen LogP contribution in [0.1, 0.15) is 21.1 Å². The van der Waals surface area contributed by atoms with E-state index < -0.39 is 5.97 Å². The van der Waals surface area contributed by atoms with E-state index in [-0.39, 0.29) is 18.7 Å².